The minimum Gasteiger partial charge on any atom is -0.512 e. The summed E-state index contributed by atoms with van der Waals surface area (Å²) in [5, 5.41) is 19.3. The third-order valence-corrected chi connectivity index (χ3v) is 3.53. The lowest BCUT2D eigenvalue weighted by Gasteiger charge is -2.28. The molecule has 1 aliphatic rings. The summed E-state index contributed by atoms with van der Waals surface area (Å²) in [6.45, 7) is 6.01. The molecule has 96 valence electrons. The van der Waals surface area contributed by atoms with Gasteiger partial charge in [-0.15, -0.1) is 0 Å². The molecule has 0 radical (unpaired) electrons. The minimum atomic E-state index is -0.171. The van der Waals surface area contributed by atoms with Gasteiger partial charge in [0.2, 0.25) is 0 Å². The Morgan fingerprint density at radius 1 is 1.17 bits per heavy atom. The van der Waals surface area contributed by atoms with Gasteiger partial charge in [-0.1, -0.05) is 37.6 Å². The van der Waals surface area contributed by atoms with E-state index >= 15 is 0 Å². The number of hydrogen-bond acceptors (Lipinski definition) is 2. The van der Waals surface area contributed by atoms with Crippen molar-refractivity contribution < 1.29 is 10.2 Å². The van der Waals surface area contributed by atoms with Crippen molar-refractivity contribution in [3.05, 3.63) is 52.8 Å². The molecule has 0 atom stereocenters. The third kappa shape index (κ3) is 2.58. The largest absolute Gasteiger partial charge is 0.512 e. The van der Waals surface area contributed by atoms with Gasteiger partial charge in [-0.05, 0) is 43.0 Å². The number of hydrogen-bond donors (Lipinski definition) is 2. The number of aliphatic hydroxyl groups is 1. The van der Waals surface area contributed by atoms with Crippen molar-refractivity contribution in [2.24, 2.45) is 5.41 Å². The van der Waals surface area contributed by atoms with E-state index in [1.165, 1.54) is 11.1 Å². The van der Waals surface area contributed by atoms with Crippen LogP contribution in [0, 0.1) is 12.3 Å². The second-order valence-electron chi connectivity index (χ2n) is 5.74. The van der Waals surface area contributed by atoms with Crippen molar-refractivity contribution in [3.8, 4) is 5.75 Å². The first-order valence-electron chi connectivity index (χ1n) is 6.26. The van der Waals surface area contributed by atoms with Gasteiger partial charge in [-0.2, -0.15) is 0 Å². The molecule has 2 rings (SSSR count). The van der Waals surface area contributed by atoms with Crippen LogP contribution >= 0.6 is 0 Å². The van der Waals surface area contributed by atoms with Crippen LogP contribution in [-0.4, -0.2) is 10.2 Å². The van der Waals surface area contributed by atoms with Crippen LogP contribution < -0.4 is 0 Å². The van der Waals surface area contributed by atoms with Crippen LogP contribution in [0.4, 0.5) is 0 Å². The fourth-order valence-corrected chi connectivity index (χ4v) is 2.35. The monoisotopic (exact) mass is 244 g/mol. The molecule has 2 N–H and O–H groups in total. The van der Waals surface area contributed by atoms with E-state index in [0.717, 1.165) is 18.4 Å². The molecule has 0 aromatic heterocycles. The predicted molar refractivity (Wildman–Crippen MR) is 73.7 cm³/mol. The summed E-state index contributed by atoms with van der Waals surface area (Å²) in [5.41, 5.74) is 3.24. The van der Waals surface area contributed by atoms with Crippen molar-refractivity contribution in [1.82, 2.24) is 0 Å². The number of rotatable bonds is 2. The van der Waals surface area contributed by atoms with Crippen LogP contribution in [0.1, 0.15) is 31.4 Å². The Kier molecular flexibility index (Phi) is 3.20. The molecule has 0 bridgehead atoms. The van der Waals surface area contributed by atoms with Gasteiger partial charge in [0.1, 0.15) is 5.75 Å². The van der Waals surface area contributed by atoms with Crippen LogP contribution in [0.5, 0.6) is 5.75 Å². The van der Waals surface area contributed by atoms with Crippen molar-refractivity contribution >= 4 is 0 Å². The second-order valence-corrected chi connectivity index (χ2v) is 5.74. The van der Waals surface area contributed by atoms with Gasteiger partial charge in [-0.25, -0.2) is 0 Å². The zero-order valence-corrected chi connectivity index (χ0v) is 11.2. The molecule has 0 spiro atoms. The number of phenolic OH excluding ortho intramolecular Hbond substituents is 1. The molecule has 0 amide bonds. The zero-order chi connectivity index (χ0) is 13.3. The topological polar surface area (TPSA) is 40.5 Å². The first kappa shape index (κ1) is 12.7. The number of aliphatic hydroxyl groups excluding tert-OH is 1. The van der Waals surface area contributed by atoms with Crippen molar-refractivity contribution in [2.75, 3.05) is 0 Å². The molecule has 0 heterocycles. The summed E-state index contributed by atoms with van der Waals surface area (Å²) in [7, 11) is 0. The van der Waals surface area contributed by atoms with Crippen molar-refractivity contribution in [1.29, 1.82) is 0 Å². The summed E-state index contributed by atoms with van der Waals surface area (Å²) in [5.74, 6) is 0.794. The fraction of sp³-hybridized carbons (Fsp3) is 0.375. The molecule has 1 aliphatic carbocycles. The highest BCUT2D eigenvalue weighted by molar-refractivity contribution is 5.38. The van der Waals surface area contributed by atoms with Crippen LogP contribution in [0.2, 0.25) is 0 Å². The second kappa shape index (κ2) is 4.52. The maximum atomic E-state index is 9.78. The van der Waals surface area contributed by atoms with Gasteiger partial charge in [0.15, 0.2) is 0 Å². The lowest BCUT2D eigenvalue weighted by atomic mass is 9.78. The summed E-state index contributed by atoms with van der Waals surface area (Å²) in [6.07, 6.45) is 5.54. The minimum absolute atomic E-state index is 0.171. The van der Waals surface area contributed by atoms with Gasteiger partial charge in [0.05, 0.1) is 5.76 Å². The maximum absolute atomic E-state index is 9.78. The molecular weight excluding hydrogens is 224 g/mol. The molecule has 1 aromatic rings. The van der Waals surface area contributed by atoms with E-state index in [1.807, 2.05) is 39.0 Å². The molecule has 2 heteroatoms. The summed E-state index contributed by atoms with van der Waals surface area (Å²) < 4.78 is 0. The van der Waals surface area contributed by atoms with Crippen LogP contribution in [0.25, 0.3) is 0 Å². The molecule has 2 nitrogen and oxygen atoms in total. The number of phenols is 1. The van der Waals surface area contributed by atoms with E-state index in [-0.39, 0.29) is 5.41 Å². The molecule has 0 aliphatic heterocycles. The first-order valence-corrected chi connectivity index (χ1v) is 6.26. The summed E-state index contributed by atoms with van der Waals surface area (Å²) in [4.78, 5) is 0. The zero-order valence-electron chi connectivity index (χ0n) is 11.2. The van der Waals surface area contributed by atoms with Crippen molar-refractivity contribution in [2.45, 2.75) is 33.6 Å². The molecule has 18 heavy (non-hydrogen) atoms. The average molecular weight is 244 g/mol. The van der Waals surface area contributed by atoms with E-state index in [2.05, 4.69) is 0 Å². The highest BCUT2D eigenvalue weighted by Crippen LogP contribution is 2.36. The molecule has 0 saturated carbocycles. The van der Waals surface area contributed by atoms with E-state index in [0.29, 0.717) is 11.5 Å². The first-order chi connectivity index (χ1) is 8.38. The number of aryl methyl sites for hydroxylation is 1. The smallest absolute Gasteiger partial charge is 0.118 e. The number of benzene rings is 1. The molecule has 1 aromatic carbocycles. The Morgan fingerprint density at radius 3 is 2.50 bits per heavy atom. The Balaban J connectivity index is 2.18. The quantitative estimate of drug-likeness (QED) is 0.824. The third-order valence-electron chi connectivity index (χ3n) is 3.53. The molecule has 0 fully saturated rings. The molecule has 0 saturated heterocycles. The lowest BCUT2D eigenvalue weighted by molar-refractivity contribution is 0.251. The summed E-state index contributed by atoms with van der Waals surface area (Å²) in [6, 6.07) is 5.71. The predicted octanol–water partition coefficient (Wildman–Crippen LogP) is 4.04. The molecule has 0 unspecified atom stereocenters. The Morgan fingerprint density at radius 2 is 1.89 bits per heavy atom. The Labute approximate surface area is 108 Å². The Bertz CT molecular complexity index is 522. The van der Waals surface area contributed by atoms with Gasteiger partial charge < -0.3 is 10.2 Å². The van der Waals surface area contributed by atoms with E-state index in [9.17, 15) is 10.2 Å². The van der Waals surface area contributed by atoms with Crippen LogP contribution in [-0.2, 0) is 6.42 Å². The van der Waals surface area contributed by atoms with Gasteiger partial charge in [0, 0.05) is 5.41 Å². The normalized spacial score (nSPS) is 18.2. The number of aromatic hydroxyl groups is 1. The van der Waals surface area contributed by atoms with Gasteiger partial charge >= 0.3 is 0 Å². The highest BCUT2D eigenvalue weighted by atomic mass is 16.3. The maximum Gasteiger partial charge on any atom is 0.118 e. The standard InChI is InChI=1S/C16H20O2/c1-11-8-12(4-6-14(11)17)9-13-5-7-15(18)16(2,3)10-13/h4-8,17-18H,9-10H2,1-3H3. The highest BCUT2D eigenvalue weighted by Gasteiger charge is 2.26. The lowest BCUT2D eigenvalue weighted by Crippen LogP contribution is -2.18. The average Bonchev–Trinajstić information content (AvgIpc) is 2.28. The fourth-order valence-electron chi connectivity index (χ4n) is 2.35. The Hall–Kier alpha value is -1.70. The van der Waals surface area contributed by atoms with E-state index < -0.39 is 0 Å². The number of allylic oxidation sites excluding steroid dienone is 4. The van der Waals surface area contributed by atoms with Crippen LogP contribution in [0.15, 0.2) is 41.7 Å². The van der Waals surface area contributed by atoms with Crippen LogP contribution in [0.3, 0.4) is 0 Å². The van der Waals surface area contributed by atoms with E-state index in [4.69, 9.17) is 0 Å². The van der Waals surface area contributed by atoms with Gasteiger partial charge in [0.25, 0.3) is 0 Å². The van der Waals surface area contributed by atoms with Crippen molar-refractivity contribution in [3.63, 3.8) is 0 Å². The van der Waals surface area contributed by atoms with Gasteiger partial charge in [-0.3, -0.25) is 0 Å². The SMILES string of the molecule is Cc1cc(CC2=CC=C(O)C(C)(C)C2)ccc1O. The van der Waals surface area contributed by atoms with E-state index in [1.54, 1.807) is 12.1 Å². The summed E-state index contributed by atoms with van der Waals surface area (Å²) >= 11 is 0. The molecular formula is C16H20O2.